The first kappa shape index (κ1) is 35.8. The lowest BCUT2D eigenvalue weighted by Gasteiger charge is -2.40. The van der Waals surface area contributed by atoms with Gasteiger partial charge in [-0.25, -0.2) is 4.79 Å². The summed E-state index contributed by atoms with van der Waals surface area (Å²) in [5, 5.41) is 6.06. The largest absolute Gasteiger partial charge is 0.444 e. The normalized spacial score (nSPS) is 14.4. The number of rotatable bonds is 12. The lowest BCUT2D eigenvalue weighted by molar-refractivity contribution is -0.144. The van der Waals surface area contributed by atoms with Gasteiger partial charge in [0.15, 0.2) is 0 Å². The van der Waals surface area contributed by atoms with E-state index in [1.807, 2.05) is 78.8 Å². The number of alkyl carbamates (subject to hydrolysis) is 1. The third-order valence-electron chi connectivity index (χ3n) is 7.86. The van der Waals surface area contributed by atoms with Crippen LogP contribution in [0.2, 0.25) is 0 Å². The Balaban J connectivity index is 2.74. The third kappa shape index (κ3) is 10.4. The second kappa shape index (κ2) is 15.4. The van der Waals surface area contributed by atoms with Gasteiger partial charge in [-0.2, -0.15) is 0 Å². The van der Waals surface area contributed by atoms with Gasteiger partial charge in [-0.3, -0.25) is 9.59 Å². The third-order valence-corrected chi connectivity index (χ3v) is 7.86. The highest BCUT2D eigenvalue weighted by molar-refractivity contribution is 6.00. The maximum absolute atomic E-state index is 14.8. The van der Waals surface area contributed by atoms with E-state index in [0.29, 0.717) is 18.8 Å². The molecule has 0 aliphatic heterocycles. The van der Waals surface area contributed by atoms with E-state index in [2.05, 4.69) is 30.5 Å². The van der Waals surface area contributed by atoms with Gasteiger partial charge in [-0.05, 0) is 96.8 Å². The summed E-state index contributed by atoms with van der Waals surface area (Å²) < 4.78 is 5.56. The van der Waals surface area contributed by atoms with Crippen molar-refractivity contribution in [3.63, 3.8) is 0 Å². The van der Waals surface area contributed by atoms with Crippen LogP contribution in [0.1, 0.15) is 109 Å². The van der Waals surface area contributed by atoms with E-state index in [1.165, 1.54) is 0 Å². The van der Waals surface area contributed by atoms with Crippen molar-refractivity contribution in [1.29, 1.82) is 0 Å². The zero-order valence-electron chi connectivity index (χ0n) is 28.6. The van der Waals surface area contributed by atoms with Gasteiger partial charge in [-0.15, -0.1) is 0 Å². The second-order valence-corrected chi connectivity index (χ2v) is 13.7. The molecule has 4 unspecified atom stereocenters. The maximum atomic E-state index is 14.8. The molecule has 2 aromatic rings. The zero-order valence-corrected chi connectivity index (χ0v) is 28.6. The Bertz CT molecular complexity index is 1220. The first-order valence-corrected chi connectivity index (χ1v) is 15.7. The van der Waals surface area contributed by atoms with Gasteiger partial charge in [0, 0.05) is 11.7 Å². The number of nitrogens with one attached hydrogen (secondary N) is 2. The van der Waals surface area contributed by atoms with Gasteiger partial charge in [-0.1, -0.05) is 81.6 Å². The van der Waals surface area contributed by atoms with Crippen LogP contribution in [-0.4, -0.2) is 40.5 Å². The molecule has 0 saturated carbocycles. The van der Waals surface area contributed by atoms with Gasteiger partial charge in [0.05, 0.1) is 0 Å². The second-order valence-electron chi connectivity index (χ2n) is 13.7. The van der Waals surface area contributed by atoms with Crippen LogP contribution in [0.4, 0.5) is 10.5 Å². The molecule has 2 N–H and O–H groups in total. The minimum atomic E-state index is -0.917. The summed E-state index contributed by atoms with van der Waals surface area (Å²) >= 11 is 0. The highest BCUT2D eigenvalue weighted by atomic mass is 16.6. The molecule has 0 bridgehead atoms. The summed E-state index contributed by atoms with van der Waals surface area (Å²) in [6.07, 6.45) is 1.60. The van der Waals surface area contributed by atoms with Crippen LogP contribution in [0.25, 0.3) is 0 Å². The van der Waals surface area contributed by atoms with Crippen LogP contribution in [0, 0.1) is 39.5 Å². The summed E-state index contributed by atoms with van der Waals surface area (Å²) in [4.78, 5) is 44.0. The van der Waals surface area contributed by atoms with E-state index in [4.69, 9.17) is 4.74 Å². The number of hydrogen-bond acceptors (Lipinski definition) is 4. The lowest BCUT2D eigenvalue weighted by Crippen LogP contribution is -2.57. The molecule has 0 aliphatic carbocycles. The molecule has 2 aromatic carbocycles. The average molecular weight is 594 g/mol. The first-order chi connectivity index (χ1) is 19.9. The van der Waals surface area contributed by atoms with E-state index in [0.717, 1.165) is 39.9 Å². The predicted molar refractivity (Wildman–Crippen MR) is 176 cm³/mol. The molecule has 0 spiro atoms. The number of anilines is 1. The van der Waals surface area contributed by atoms with E-state index in [1.54, 1.807) is 25.7 Å². The smallest absolute Gasteiger partial charge is 0.408 e. The minimum Gasteiger partial charge on any atom is -0.444 e. The molecule has 238 valence electrons. The van der Waals surface area contributed by atoms with Crippen molar-refractivity contribution < 1.29 is 19.1 Å². The fourth-order valence-electron chi connectivity index (χ4n) is 5.40. The molecule has 7 heteroatoms. The van der Waals surface area contributed by atoms with Crippen LogP contribution in [0.3, 0.4) is 0 Å². The first-order valence-electron chi connectivity index (χ1n) is 15.7. The average Bonchev–Trinajstić information content (AvgIpc) is 2.88. The number of ether oxygens (including phenoxy) is 1. The Hall–Kier alpha value is -3.35. The van der Waals surface area contributed by atoms with Crippen LogP contribution in [-0.2, 0) is 14.3 Å². The van der Waals surface area contributed by atoms with Crippen molar-refractivity contribution in [3.8, 4) is 0 Å². The highest BCUT2D eigenvalue weighted by Crippen LogP contribution is 2.32. The van der Waals surface area contributed by atoms with Crippen LogP contribution in [0.5, 0.6) is 0 Å². The summed E-state index contributed by atoms with van der Waals surface area (Å²) in [5.74, 6) is -0.348. The minimum absolute atomic E-state index is 0.193. The molecule has 3 amide bonds. The van der Waals surface area contributed by atoms with Gasteiger partial charge in [0.1, 0.15) is 17.7 Å². The van der Waals surface area contributed by atoms with Gasteiger partial charge in [0.25, 0.3) is 5.91 Å². The maximum Gasteiger partial charge on any atom is 0.408 e. The Morgan fingerprint density at radius 3 is 1.93 bits per heavy atom. The topological polar surface area (TPSA) is 87.7 Å². The molecule has 0 aromatic heterocycles. The molecular formula is C36H55N3O4. The highest BCUT2D eigenvalue weighted by Gasteiger charge is 2.40. The Kier molecular flexibility index (Phi) is 12.8. The molecular weight excluding hydrogens is 538 g/mol. The molecule has 0 heterocycles. The molecule has 0 radical (unpaired) electrons. The van der Waals surface area contributed by atoms with Gasteiger partial charge >= 0.3 is 6.09 Å². The quantitative estimate of drug-likeness (QED) is 0.260. The number of aryl methyl sites for hydroxylation is 4. The number of nitrogens with zero attached hydrogens (tertiary/aromatic N) is 1. The van der Waals surface area contributed by atoms with Gasteiger partial charge < -0.3 is 20.3 Å². The fraction of sp³-hybridized carbons (Fsp3) is 0.583. The van der Waals surface area contributed by atoms with E-state index >= 15 is 0 Å². The van der Waals surface area contributed by atoms with Crippen molar-refractivity contribution in [3.05, 3.63) is 64.2 Å². The van der Waals surface area contributed by atoms with E-state index < -0.39 is 23.8 Å². The molecule has 0 aliphatic rings. The standard InChI is InChI=1S/C36H55N3O4/c1-13-25(6)31(38-35(42)43-36(10,11)12)34(41)39(28(9)18-17-22(2)3)32(29-20-23(4)19-24(5)21-29)33(40)37-30-26(7)15-14-16-27(30)8/h14-16,19-22,25,28,31-32H,13,17-18H2,1-12H3,(H,37,40)(H,38,42). The van der Waals surface area contributed by atoms with Crippen molar-refractivity contribution in [2.24, 2.45) is 11.8 Å². The monoisotopic (exact) mass is 593 g/mol. The predicted octanol–water partition coefficient (Wildman–Crippen LogP) is 8.19. The SMILES string of the molecule is CCC(C)C(NC(=O)OC(C)(C)C)C(=O)N(C(C)CCC(C)C)C(C(=O)Nc1c(C)cccc1C)c1cc(C)cc(C)c1. The number of para-hydroxylation sites is 1. The summed E-state index contributed by atoms with van der Waals surface area (Å²) in [6, 6.07) is 9.85. The number of carbonyl (C=O) groups is 3. The van der Waals surface area contributed by atoms with E-state index in [-0.39, 0.29) is 23.8 Å². The van der Waals surface area contributed by atoms with Crippen molar-refractivity contribution >= 4 is 23.6 Å². The Morgan fingerprint density at radius 2 is 1.44 bits per heavy atom. The molecule has 0 saturated heterocycles. The van der Waals surface area contributed by atoms with Crippen LogP contribution < -0.4 is 10.6 Å². The van der Waals surface area contributed by atoms with Crippen molar-refractivity contribution in [2.75, 3.05) is 5.32 Å². The molecule has 2 rings (SSSR count). The molecule has 0 fully saturated rings. The van der Waals surface area contributed by atoms with Gasteiger partial charge in [0.2, 0.25) is 5.91 Å². The fourth-order valence-corrected chi connectivity index (χ4v) is 5.40. The summed E-state index contributed by atoms with van der Waals surface area (Å²) in [6.45, 7) is 23.5. The van der Waals surface area contributed by atoms with Crippen molar-refractivity contribution in [1.82, 2.24) is 10.2 Å². The van der Waals surface area contributed by atoms with E-state index in [9.17, 15) is 14.4 Å². The molecule has 4 atom stereocenters. The van der Waals surface area contributed by atoms with Crippen molar-refractivity contribution in [2.45, 2.75) is 126 Å². The number of amides is 3. The van der Waals surface area contributed by atoms with Crippen LogP contribution >= 0.6 is 0 Å². The summed E-state index contributed by atoms with van der Waals surface area (Å²) in [5.41, 5.74) is 4.68. The molecule has 43 heavy (non-hydrogen) atoms. The molecule has 7 nitrogen and oxygen atoms in total. The number of benzene rings is 2. The number of hydrogen-bond donors (Lipinski definition) is 2. The van der Waals surface area contributed by atoms with Crippen LogP contribution in [0.15, 0.2) is 36.4 Å². The summed E-state index contributed by atoms with van der Waals surface area (Å²) in [7, 11) is 0. The zero-order chi connectivity index (χ0) is 32.6. The lowest BCUT2D eigenvalue weighted by atomic mass is 9.92. The number of carbonyl (C=O) groups excluding carboxylic acids is 3. The Labute approximate surface area is 260 Å². The Morgan fingerprint density at radius 1 is 0.884 bits per heavy atom.